The summed E-state index contributed by atoms with van der Waals surface area (Å²) in [4.78, 5) is 37.0. The number of rotatable bonds is 2. The summed E-state index contributed by atoms with van der Waals surface area (Å²) in [6.45, 7) is 3.01. The van der Waals surface area contributed by atoms with E-state index in [0.29, 0.717) is 17.5 Å². The molecule has 0 saturated carbocycles. The average Bonchev–Trinajstić information content (AvgIpc) is 2.94. The molecule has 3 aromatic rings. The van der Waals surface area contributed by atoms with E-state index >= 15 is 0 Å². The topological polar surface area (TPSA) is 88.9 Å². The van der Waals surface area contributed by atoms with Crippen LogP contribution >= 0.6 is 0 Å². The van der Waals surface area contributed by atoms with Crippen LogP contribution in [0.5, 0.6) is 0 Å². The van der Waals surface area contributed by atoms with Crippen molar-refractivity contribution in [3.8, 4) is 5.69 Å². The molecule has 0 atom stereocenters. The molecule has 0 aliphatic heterocycles. The number of aryl methyl sites for hydroxylation is 2. The first-order chi connectivity index (χ1) is 13.7. The molecule has 0 spiro atoms. The van der Waals surface area contributed by atoms with Gasteiger partial charge in [-0.1, -0.05) is 0 Å². The van der Waals surface area contributed by atoms with E-state index in [4.69, 9.17) is 0 Å². The highest BCUT2D eigenvalue weighted by Crippen LogP contribution is 2.37. The Morgan fingerprint density at radius 2 is 1.57 bits per heavy atom. The maximum Gasteiger partial charge on any atom is 0.472 e. The number of halogens is 6. The van der Waals surface area contributed by atoms with Crippen molar-refractivity contribution in [3.05, 3.63) is 61.9 Å². The number of aromatic amines is 1. The highest BCUT2D eigenvalue weighted by molar-refractivity contribution is 5.90. The van der Waals surface area contributed by atoms with Crippen molar-refractivity contribution in [2.45, 2.75) is 26.2 Å². The average molecular weight is 434 g/mol. The van der Waals surface area contributed by atoms with Crippen LogP contribution in [-0.4, -0.2) is 26.3 Å². The summed E-state index contributed by atoms with van der Waals surface area (Å²) in [5.41, 5.74) is -4.03. The Balaban J connectivity index is 2.43. The maximum atomic E-state index is 13.7. The molecular weight excluding hydrogens is 422 g/mol. The number of amides is 1. The summed E-state index contributed by atoms with van der Waals surface area (Å²) in [7, 11) is 0. The smallest absolute Gasteiger partial charge is 0.318 e. The maximum absolute atomic E-state index is 13.7. The molecule has 0 radical (unpaired) electrons. The molecule has 1 amide bonds. The molecule has 7 nitrogen and oxygen atoms in total. The standard InChI is InChI=1S/C17H12F6N4O3/c1-7-3-4-8(2)26(7)11-6-12-10(5-9(11)16(18,19)20)24-13(28)14(29)27(12)25-15(30)17(21,22)23/h3-6H,1-2H3,(H,24,28)(H,25,30). The van der Waals surface area contributed by atoms with Crippen LogP contribution in [0.4, 0.5) is 26.3 Å². The van der Waals surface area contributed by atoms with Gasteiger partial charge in [-0.05, 0) is 38.1 Å². The second-order valence-corrected chi connectivity index (χ2v) is 6.37. The number of carbonyl (C=O) groups is 1. The van der Waals surface area contributed by atoms with Crippen LogP contribution in [0.3, 0.4) is 0 Å². The lowest BCUT2D eigenvalue weighted by molar-refractivity contribution is -0.168. The zero-order valence-electron chi connectivity index (χ0n) is 15.2. The summed E-state index contributed by atoms with van der Waals surface area (Å²) >= 11 is 0. The van der Waals surface area contributed by atoms with Crippen molar-refractivity contribution in [3.63, 3.8) is 0 Å². The fraction of sp³-hybridized carbons (Fsp3) is 0.235. The zero-order valence-corrected chi connectivity index (χ0v) is 15.2. The molecule has 0 unspecified atom stereocenters. The van der Waals surface area contributed by atoms with Gasteiger partial charge in [-0.15, -0.1) is 0 Å². The van der Waals surface area contributed by atoms with E-state index in [2.05, 4.69) is 0 Å². The number of aromatic nitrogens is 3. The molecule has 160 valence electrons. The molecule has 13 heteroatoms. The Bertz CT molecular complexity index is 1260. The van der Waals surface area contributed by atoms with Gasteiger partial charge in [0.05, 0.1) is 22.3 Å². The number of H-pyrrole nitrogens is 1. The highest BCUT2D eigenvalue weighted by Gasteiger charge is 2.40. The van der Waals surface area contributed by atoms with Crippen molar-refractivity contribution in [2.75, 3.05) is 5.43 Å². The predicted octanol–water partition coefficient (Wildman–Crippen LogP) is 2.75. The molecule has 2 heterocycles. The molecule has 0 bridgehead atoms. The predicted molar refractivity (Wildman–Crippen MR) is 93.1 cm³/mol. The molecule has 1 aromatic carbocycles. The molecule has 30 heavy (non-hydrogen) atoms. The normalized spacial score (nSPS) is 12.4. The van der Waals surface area contributed by atoms with Crippen LogP contribution in [0.2, 0.25) is 0 Å². The summed E-state index contributed by atoms with van der Waals surface area (Å²) < 4.78 is 80.1. The molecule has 3 rings (SSSR count). The van der Waals surface area contributed by atoms with Crippen LogP contribution in [-0.2, 0) is 11.0 Å². The van der Waals surface area contributed by atoms with Gasteiger partial charge in [-0.2, -0.15) is 26.3 Å². The minimum atomic E-state index is -5.41. The number of fused-ring (bicyclic) bond motifs is 1. The quantitative estimate of drug-likeness (QED) is 0.480. The molecule has 0 fully saturated rings. The second kappa shape index (κ2) is 6.78. The van der Waals surface area contributed by atoms with Gasteiger partial charge in [-0.25, -0.2) is 4.68 Å². The number of hydrogen-bond donors (Lipinski definition) is 2. The third kappa shape index (κ3) is 3.57. The van der Waals surface area contributed by atoms with Crippen molar-refractivity contribution in [1.29, 1.82) is 0 Å². The Kier molecular flexibility index (Phi) is 4.79. The Hall–Kier alpha value is -3.51. The van der Waals surface area contributed by atoms with Gasteiger partial charge in [0.25, 0.3) is 0 Å². The number of benzene rings is 1. The van der Waals surface area contributed by atoms with E-state index in [1.165, 1.54) is 36.0 Å². The van der Waals surface area contributed by atoms with E-state index in [1.807, 2.05) is 4.98 Å². The fourth-order valence-corrected chi connectivity index (χ4v) is 2.99. The second-order valence-electron chi connectivity index (χ2n) is 6.37. The fourth-order valence-electron chi connectivity index (χ4n) is 2.99. The van der Waals surface area contributed by atoms with Crippen molar-refractivity contribution in [1.82, 2.24) is 14.2 Å². The SMILES string of the molecule is Cc1ccc(C)n1-c1cc2c(cc1C(F)(F)F)[nH]c(=O)c(=O)n2NC(=O)C(F)(F)F. The summed E-state index contributed by atoms with van der Waals surface area (Å²) in [5, 5.41) is 0. The van der Waals surface area contributed by atoms with Gasteiger partial charge in [0, 0.05) is 11.4 Å². The Labute approximate surface area is 162 Å². The number of hydrogen-bond acceptors (Lipinski definition) is 3. The van der Waals surface area contributed by atoms with E-state index in [9.17, 15) is 40.7 Å². The van der Waals surface area contributed by atoms with Gasteiger partial charge in [0.1, 0.15) is 0 Å². The van der Waals surface area contributed by atoms with Gasteiger partial charge < -0.3 is 9.55 Å². The first-order valence-corrected chi connectivity index (χ1v) is 8.15. The van der Waals surface area contributed by atoms with E-state index < -0.39 is 51.7 Å². The minimum Gasteiger partial charge on any atom is -0.318 e. The van der Waals surface area contributed by atoms with Crippen LogP contribution in [0.25, 0.3) is 16.7 Å². The van der Waals surface area contributed by atoms with Gasteiger partial charge >= 0.3 is 29.4 Å². The van der Waals surface area contributed by atoms with Crippen LogP contribution in [0.15, 0.2) is 33.9 Å². The zero-order chi connectivity index (χ0) is 22.6. The minimum absolute atomic E-state index is 0.0260. The van der Waals surface area contributed by atoms with Crippen molar-refractivity contribution < 1.29 is 31.1 Å². The Morgan fingerprint density at radius 1 is 1.00 bits per heavy atom. The Morgan fingerprint density at radius 3 is 2.07 bits per heavy atom. The lowest BCUT2D eigenvalue weighted by Crippen LogP contribution is -2.46. The van der Waals surface area contributed by atoms with Gasteiger partial charge in [0.2, 0.25) is 0 Å². The number of nitrogens with zero attached hydrogens (tertiary/aromatic N) is 2. The lowest BCUT2D eigenvalue weighted by atomic mass is 10.1. The summed E-state index contributed by atoms with van der Waals surface area (Å²) in [6.07, 6.45) is -10.3. The molecule has 0 aliphatic carbocycles. The molecule has 0 aliphatic rings. The monoisotopic (exact) mass is 434 g/mol. The van der Waals surface area contributed by atoms with Crippen molar-refractivity contribution >= 4 is 16.9 Å². The molecular formula is C17H12F6N4O3. The highest BCUT2D eigenvalue weighted by atomic mass is 19.4. The van der Waals surface area contributed by atoms with Gasteiger partial charge in [0.15, 0.2) is 0 Å². The van der Waals surface area contributed by atoms with E-state index in [1.54, 1.807) is 0 Å². The molecule has 2 aromatic heterocycles. The third-order valence-electron chi connectivity index (χ3n) is 4.29. The van der Waals surface area contributed by atoms with E-state index in [-0.39, 0.29) is 4.68 Å². The summed E-state index contributed by atoms with van der Waals surface area (Å²) in [6, 6.07) is 4.29. The number of carbonyl (C=O) groups excluding carboxylic acids is 1. The number of nitrogens with one attached hydrogen (secondary N) is 2. The summed E-state index contributed by atoms with van der Waals surface area (Å²) in [5.74, 6) is -2.58. The number of alkyl halides is 6. The van der Waals surface area contributed by atoms with Crippen LogP contribution in [0, 0.1) is 13.8 Å². The first kappa shape index (κ1) is 21.2. The first-order valence-electron chi connectivity index (χ1n) is 8.15. The molecule has 0 saturated heterocycles. The van der Waals surface area contributed by atoms with E-state index in [0.717, 1.165) is 6.07 Å². The van der Waals surface area contributed by atoms with Gasteiger partial charge in [-0.3, -0.25) is 19.8 Å². The molecule has 2 N–H and O–H groups in total. The third-order valence-corrected chi connectivity index (χ3v) is 4.29. The van der Waals surface area contributed by atoms with Crippen LogP contribution in [0.1, 0.15) is 17.0 Å². The lowest BCUT2D eigenvalue weighted by Gasteiger charge is -2.19. The largest absolute Gasteiger partial charge is 0.472 e. The van der Waals surface area contributed by atoms with Crippen molar-refractivity contribution in [2.24, 2.45) is 0 Å². The van der Waals surface area contributed by atoms with Crippen LogP contribution < -0.4 is 16.5 Å².